The summed E-state index contributed by atoms with van der Waals surface area (Å²) < 4.78 is 0. The summed E-state index contributed by atoms with van der Waals surface area (Å²) in [6.07, 6.45) is 3.89. The largest absolute Gasteiger partial charge is 0.327 e. The van der Waals surface area contributed by atoms with Gasteiger partial charge in [0, 0.05) is 25.7 Å². The molecule has 1 heterocycles. The van der Waals surface area contributed by atoms with E-state index in [9.17, 15) is 0 Å². The van der Waals surface area contributed by atoms with Crippen molar-refractivity contribution < 1.29 is 0 Å². The standard InChI is InChI=1S/C14H20N2/c15-14(11-5-6-11)7-8-16-9-12-3-1-2-4-13(12)10-16/h1-4,11,14H,5-10,15H2. The zero-order valence-corrected chi connectivity index (χ0v) is 9.73. The van der Waals surface area contributed by atoms with Crippen molar-refractivity contribution in [3.05, 3.63) is 35.4 Å². The van der Waals surface area contributed by atoms with E-state index in [0.29, 0.717) is 6.04 Å². The van der Waals surface area contributed by atoms with Crippen LogP contribution in [-0.2, 0) is 13.1 Å². The molecule has 0 bridgehead atoms. The lowest BCUT2D eigenvalue weighted by molar-refractivity contribution is 0.267. The number of hydrogen-bond acceptors (Lipinski definition) is 2. The highest BCUT2D eigenvalue weighted by molar-refractivity contribution is 5.30. The molecule has 1 atom stereocenters. The normalized spacial score (nSPS) is 22.1. The molecule has 1 unspecified atom stereocenters. The first-order valence-electron chi connectivity index (χ1n) is 6.37. The number of rotatable bonds is 4. The SMILES string of the molecule is NC(CCN1Cc2ccccc2C1)C1CC1. The van der Waals surface area contributed by atoms with Crippen LogP contribution in [0.2, 0.25) is 0 Å². The van der Waals surface area contributed by atoms with Gasteiger partial charge < -0.3 is 5.73 Å². The molecule has 1 aliphatic heterocycles. The van der Waals surface area contributed by atoms with Crippen molar-refractivity contribution in [1.29, 1.82) is 0 Å². The van der Waals surface area contributed by atoms with E-state index in [1.807, 2.05) is 0 Å². The van der Waals surface area contributed by atoms with Crippen molar-refractivity contribution in [2.75, 3.05) is 6.54 Å². The Hall–Kier alpha value is -0.860. The number of nitrogens with zero attached hydrogens (tertiary/aromatic N) is 1. The fourth-order valence-electron chi connectivity index (χ4n) is 2.65. The van der Waals surface area contributed by atoms with Crippen molar-refractivity contribution >= 4 is 0 Å². The highest BCUT2D eigenvalue weighted by Gasteiger charge is 2.29. The van der Waals surface area contributed by atoms with E-state index in [0.717, 1.165) is 25.6 Å². The van der Waals surface area contributed by atoms with Gasteiger partial charge in [0.1, 0.15) is 0 Å². The van der Waals surface area contributed by atoms with Crippen molar-refractivity contribution in [3.63, 3.8) is 0 Å². The van der Waals surface area contributed by atoms with Crippen LogP contribution in [0.25, 0.3) is 0 Å². The third-order valence-electron chi connectivity index (χ3n) is 3.91. The fourth-order valence-corrected chi connectivity index (χ4v) is 2.65. The van der Waals surface area contributed by atoms with Crippen molar-refractivity contribution in [2.24, 2.45) is 11.7 Å². The summed E-state index contributed by atoms with van der Waals surface area (Å²) in [4.78, 5) is 2.52. The topological polar surface area (TPSA) is 29.3 Å². The Morgan fingerprint density at radius 1 is 1.19 bits per heavy atom. The average molecular weight is 216 g/mol. The second kappa shape index (κ2) is 4.19. The monoisotopic (exact) mass is 216 g/mol. The smallest absolute Gasteiger partial charge is 0.0240 e. The Bertz CT molecular complexity index is 346. The summed E-state index contributed by atoms with van der Waals surface area (Å²) in [7, 11) is 0. The minimum absolute atomic E-state index is 0.448. The number of benzene rings is 1. The van der Waals surface area contributed by atoms with Gasteiger partial charge in [-0.1, -0.05) is 24.3 Å². The van der Waals surface area contributed by atoms with Gasteiger partial charge in [0.2, 0.25) is 0 Å². The summed E-state index contributed by atoms with van der Waals surface area (Å²) in [6.45, 7) is 3.40. The highest BCUT2D eigenvalue weighted by atomic mass is 15.1. The van der Waals surface area contributed by atoms with Crippen molar-refractivity contribution in [2.45, 2.75) is 38.4 Å². The lowest BCUT2D eigenvalue weighted by Crippen LogP contribution is -2.29. The molecule has 1 aromatic carbocycles. The molecule has 2 N–H and O–H groups in total. The van der Waals surface area contributed by atoms with E-state index < -0.39 is 0 Å². The molecule has 1 aliphatic carbocycles. The van der Waals surface area contributed by atoms with Gasteiger partial charge in [-0.15, -0.1) is 0 Å². The molecule has 0 aromatic heterocycles. The predicted molar refractivity (Wildman–Crippen MR) is 65.9 cm³/mol. The van der Waals surface area contributed by atoms with Crippen LogP contribution in [0, 0.1) is 5.92 Å². The first-order valence-corrected chi connectivity index (χ1v) is 6.37. The van der Waals surface area contributed by atoms with E-state index >= 15 is 0 Å². The Kier molecular flexibility index (Phi) is 2.70. The third-order valence-corrected chi connectivity index (χ3v) is 3.91. The summed E-state index contributed by atoms with van der Waals surface area (Å²) >= 11 is 0. The van der Waals surface area contributed by atoms with Gasteiger partial charge in [0.15, 0.2) is 0 Å². The van der Waals surface area contributed by atoms with Crippen molar-refractivity contribution in [1.82, 2.24) is 4.90 Å². The summed E-state index contributed by atoms with van der Waals surface area (Å²) in [6, 6.07) is 9.21. The van der Waals surface area contributed by atoms with Gasteiger partial charge in [-0.25, -0.2) is 0 Å². The lowest BCUT2D eigenvalue weighted by Gasteiger charge is -2.17. The van der Waals surface area contributed by atoms with Crippen LogP contribution in [0.3, 0.4) is 0 Å². The van der Waals surface area contributed by atoms with Crippen LogP contribution in [0.15, 0.2) is 24.3 Å². The molecule has 3 rings (SSSR count). The highest BCUT2D eigenvalue weighted by Crippen LogP contribution is 2.33. The van der Waals surface area contributed by atoms with E-state index in [4.69, 9.17) is 5.73 Å². The quantitative estimate of drug-likeness (QED) is 0.835. The number of nitrogens with two attached hydrogens (primary N) is 1. The molecular weight excluding hydrogens is 196 g/mol. The molecule has 1 fully saturated rings. The van der Waals surface area contributed by atoms with Crippen LogP contribution in [-0.4, -0.2) is 17.5 Å². The molecule has 16 heavy (non-hydrogen) atoms. The minimum Gasteiger partial charge on any atom is -0.327 e. The summed E-state index contributed by atoms with van der Waals surface area (Å²) in [5, 5.41) is 0. The van der Waals surface area contributed by atoms with Gasteiger partial charge in [-0.3, -0.25) is 4.90 Å². The number of fused-ring (bicyclic) bond motifs is 1. The van der Waals surface area contributed by atoms with Gasteiger partial charge in [0.25, 0.3) is 0 Å². The molecule has 1 saturated carbocycles. The third kappa shape index (κ3) is 2.13. The lowest BCUT2D eigenvalue weighted by atomic mass is 10.1. The summed E-state index contributed by atoms with van der Waals surface area (Å²) in [5.74, 6) is 0.838. The van der Waals surface area contributed by atoms with Crippen LogP contribution in [0.4, 0.5) is 0 Å². The van der Waals surface area contributed by atoms with Crippen LogP contribution < -0.4 is 5.73 Å². The number of hydrogen-bond donors (Lipinski definition) is 1. The molecule has 2 nitrogen and oxygen atoms in total. The maximum atomic E-state index is 6.14. The predicted octanol–water partition coefficient (Wildman–Crippen LogP) is 2.13. The van der Waals surface area contributed by atoms with E-state index in [2.05, 4.69) is 29.2 Å². The Morgan fingerprint density at radius 3 is 2.38 bits per heavy atom. The van der Waals surface area contributed by atoms with Crippen LogP contribution in [0.5, 0.6) is 0 Å². The van der Waals surface area contributed by atoms with Gasteiger partial charge >= 0.3 is 0 Å². The molecule has 1 aromatic rings. The van der Waals surface area contributed by atoms with Gasteiger partial charge in [0.05, 0.1) is 0 Å². The molecule has 0 amide bonds. The second-order valence-corrected chi connectivity index (χ2v) is 5.27. The van der Waals surface area contributed by atoms with E-state index in [1.165, 1.54) is 30.4 Å². The van der Waals surface area contributed by atoms with E-state index in [-0.39, 0.29) is 0 Å². The van der Waals surface area contributed by atoms with Crippen molar-refractivity contribution in [3.8, 4) is 0 Å². The summed E-state index contributed by atoms with van der Waals surface area (Å²) in [5.41, 5.74) is 9.14. The molecule has 2 heteroatoms. The first-order chi connectivity index (χ1) is 7.83. The first kappa shape index (κ1) is 10.3. The molecular formula is C14H20N2. The Labute approximate surface area is 97.4 Å². The zero-order valence-electron chi connectivity index (χ0n) is 9.73. The average Bonchev–Trinajstić information content (AvgIpc) is 3.06. The van der Waals surface area contributed by atoms with E-state index in [1.54, 1.807) is 0 Å². The molecule has 0 spiro atoms. The molecule has 0 saturated heterocycles. The second-order valence-electron chi connectivity index (χ2n) is 5.27. The zero-order chi connectivity index (χ0) is 11.0. The molecule has 86 valence electrons. The van der Waals surface area contributed by atoms with Gasteiger partial charge in [-0.05, 0) is 36.3 Å². The van der Waals surface area contributed by atoms with Crippen LogP contribution >= 0.6 is 0 Å². The maximum Gasteiger partial charge on any atom is 0.0240 e. The Balaban J connectivity index is 1.52. The molecule has 0 radical (unpaired) electrons. The van der Waals surface area contributed by atoms with Gasteiger partial charge in [-0.2, -0.15) is 0 Å². The fraction of sp³-hybridized carbons (Fsp3) is 0.571. The molecule has 2 aliphatic rings. The maximum absolute atomic E-state index is 6.14. The minimum atomic E-state index is 0.448. The Morgan fingerprint density at radius 2 is 1.81 bits per heavy atom. The van der Waals surface area contributed by atoms with Crippen LogP contribution in [0.1, 0.15) is 30.4 Å².